The standard InChI is InChI=1S/C24H29BrN2O4S/c1-3-5-15-31-21-12-11-19(16-20(21)25)23(29)26-24(32)27(14-13-22(28)30-4-2)17-18-9-7-6-8-10-18/h6-12,16H,3-5,13-15,17H2,1-2H3,(H,26,29,32). The van der Waals surface area contributed by atoms with Crippen LogP contribution in [0.1, 0.15) is 49.0 Å². The second-order valence-corrected chi connectivity index (χ2v) is 8.31. The Labute approximate surface area is 203 Å². The van der Waals surface area contributed by atoms with Gasteiger partial charge in [0.25, 0.3) is 5.91 Å². The third-order valence-electron chi connectivity index (χ3n) is 4.56. The number of ether oxygens (including phenoxy) is 2. The minimum Gasteiger partial charge on any atom is -0.492 e. The number of halogens is 1. The molecule has 2 rings (SSSR count). The number of benzene rings is 2. The zero-order valence-electron chi connectivity index (χ0n) is 18.4. The van der Waals surface area contributed by atoms with Crippen LogP contribution in [-0.2, 0) is 16.1 Å². The van der Waals surface area contributed by atoms with Gasteiger partial charge in [0.15, 0.2) is 5.11 Å². The number of carbonyl (C=O) groups excluding carboxylic acids is 2. The molecule has 0 heterocycles. The van der Waals surface area contributed by atoms with Crippen molar-refractivity contribution in [1.29, 1.82) is 0 Å². The highest BCUT2D eigenvalue weighted by atomic mass is 79.9. The Hall–Kier alpha value is -2.45. The van der Waals surface area contributed by atoms with E-state index in [2.05, 4.69) is 28.2 Å². The van der Waals surface area contributed by atoms with Gasteiger partial charge in [-0.25, -0.2) is 0 Å². The third kappa shape index (κ3) is 8.59. The van der Waals surface area contributed by atoms with Crippen LogP contribution in [0.2, 0.25) is 0 Å². The van der Waals surface area contributed by atoms with Crippen LogP contribution >= 0.6 is 28.1 Å². The van der Waals surface area contributed by atoms with Crippen molar-refractivity contribution in [3.05, 3.63) is 64.1 Å². The summed E-state index contributed by atoms with van der Waals surface area (Å²) in [6.07, 6.45) is 2.18. The molecule has 1 N–H and O–H groups in total. The van der Waals surface area contributed by atoms with E-state index >= 15 is 0 Å². The number of unbranched alkanes of at least 4 members (excludes halogenated alkanes) is 1. The summed E-state index contributed by atoms with van der Waals surface area (Å²) >= 11 is 8.97. The second kappa shape index (κ2) is 13.9. The lowest BCUT2D eigenvalue weighted by Crippen LogP contribution is -2.43. The van der Waals surface area contributed by atoms with Gasteiger partial charge in [0.1, 0.15) is 5.75 Å². The first-order valence-electron chi connectivity index (χ1n) is 10.7. The maximum atomic E-state index is 12.8. The molecule has 0 saturated heterocycles. The summed E-state index contributed by atoms with van der Waals surface area (Å²) in [5, 5.41) is 3.03. The Kier molecular flexibility index (Phi) is 11.2. The van der Waals surface area contributed by atoms with E-state index in [1.54, 1.807) is 30.0 Å². The van der Waals surface area contributed by atoms with Crippen LogP contribution in [0.15, 0.2) is 53.0 Å². The first-order chi connectivity index (χ1) is 15.4. The smallest absolute Gasteiger partial charge is 0.307 e. The molecule has 0 aliphatic rings. The van der Waals surface area contributed by atoms with Crippen LogP contribution in [-0.4, -0.2) is 41.6 Å². The predicted octanol–water partition coefficient (Wildman–Crippen LogP) is 5.10. The molecule has 0 atom stereocenters. The van der Waals surface area contributed by atoms with E-state index in [0.717, 1.165) is 18.4 Å². The molecule has 1 amide bonds. The molecular weight excluding hydrogens is 492 g/mol. The van der Waals surface area contributed by atoms with Gasteiger partial charge in [0, 0.05) is 18.7 Å². The summed E-state index contributed by atoms with van der Waals surface area (Å²) in [5.74, 6) is 0.0602. The number of amides is 1. The fourth-order valence-corrected chi connectivity index (χ4v) is 3.59. The average molecular weight is 521 g/mol. The summed E-state index contributed by atoms with van der Waals surface area (Å²) < 4.78 is 11.4. The lowest BCUT2D eigenvalue weighted by molar-refractivity contribution is -0.143. The quantitative estimate of drug-likeness (QED) is 0.252. The van der Waals surface area contributed by atoms with Gasteiger partial charge in [0.2, 0.25) is 0 Å². The Morgan fingerprint density at radius 3 is 2.53 bits per heavy atom. The highest BCUT2D eigenvalue weighted by molar-refractivity contribution is 9.10. The Bertz CT molecular complexity index is 908. The largest absolute Gasteiger partial charge is 0.492 e. The number of esters is 1. The van der Waals surface area contributed by atoms with E-state index in [1.165, 1.54) is 0 Å². The highest BCUT2D eigenvalue weighted by Gasteiger charge is 2.17. The highest BCUT2D eigenvalue weighted by Crippen LogP contribution is 2.26. The number of rotatable bonds is 11. The number of nitrogens with one attached hydrogen (secondary N) is 1. The number of hydrogen-bond donors (Lipinski definition) is 1. The first kappa shape index (κ1) is 25.8. The molecule has 2 aromatic rings. The molecule has 6 nitrogen and oxygen atoms in total. The molecule has 0 bridgehead atoms. The molecule has 0 unspecified atom stereocenters. The van der Waals surface area contributed by atoms with Gasteiger partial charge in [-0.2, -0.15) is 0 Å². The zero-order chi connectivity index (χ0) is 23.3. The van der Waals surface area contributed by atoms with E-state index in [0.29, 0.717) is 42.1 Å². The molecule has 0 aliphatic heterocycles. The minimum absolute atomic E-state index is 0.173. The van der Waals surface area contributed by atoms with Gasteiger partial charge in [-0.15, -0.1) is 0 Å². The van der Waals surface area contributed by atoms with Crippen LogP contribution in [0.4, 0.5) is 0 Å². The average Bonchev–Trinajstić information content (AvgIpc) is 2.78. The van der Waals surface area contributed by atoms with Crippen LogP contribution < -0.4 is 10.1 Å². The van der Waals surface area contributed by atoms with Crippen LogP contribution in [0.3, 0.4) is 0 Å². The van der Waals surface area contributed by atoms with E-state index in [9.17, 15) is 9.59 Å². The van der Waals surface area contributed by atoms with Gasteiger partial charge in [-0.3, -0.25) is 14.9 Å². The van der Waals surface area contributed by atoms with Crippen molar-refractivity contribution >= 4 is 45.1 Å². The minimum atomic E-state index is -0.329. The summed E-state index contributed by atoms with van der Waals surface area (Å²) in [5.41, 5.74) is 1.47. The summed E-state index contributed by atoms with van der Waals surface area (Å²) in [6, 6.07) is 14.9. The molecule has 8 heteroatoms. The Balaban J connectivity index is 2.05. The van der Waals surface area contributed by atoms with Crippen LogP contribution in [0.5, 0.6) is 5.75 Å². The maximum Gasteiger partial charge on any atom is 0.307 e. The fraction of sp³-hybridized carbons (Fsp3) is 0.375. The van der Waals surface area contributed by atoms with Gasteiger partial charge in [-0.05, 0) is 65.3 Å². The lowest BCUT2D eigenvalue weighted by atomic mass is 10.2. The summed E-state index contributed by atoms with van der Waals surface area (Å²) in [6.45, 7) is 5.62. The topological polar surface area (TPSA) is 67.9 Å². The van der Waals surface area contributed by atoms with Crippen LogP contribution in [0, 0.1) is 0 Å². The first-order valence-corrected chi connectivity index (χ1v) is 11.9. The van der Waals surface area contributed by atoms with Crippen molar-refractivity contribution < 1.29 is 19.1 Å². The molecule has 2 aromatic carbocycles. The summed E-state index contributed by atoms with van der Waals surface area (Å²) in [4.78, 5) is 26.4. The number of hydrogen-bond acceptors (Lipinski definition) is 5. The SMILES string of the molecule is CCCCOc1ccc(C(=O)NC(=S)N(CCC(=O)OCC)Cc2ccccc2)cc1Br. The molecule has 0 aromatic heterocycles. The zero-order valence-corrected chi connectivity index (χ0v) is 20.8. The van der Waals surface area contributed by atoms with E-state index in [-0.39, 0.29) is 23.4 Å². The van der Waals surface area contributed by atoms with Gasteiger partial charge < -0.3 is 14.4 Å². The molecule has 0 fully saturated rings. The van der Waals surface area contributed by atoms with Gasteiger partial charge in [0.05, 0.1) is 24.1 Å². The molecule has 0 spiro atoms. The normalized spacial score (nSPS) is 10.3. The third-order valence-corrected chi connectivity index (χ3v) is 5.54. The number of carbonyl (C=O) groups is 2. The second-order valence-electron chi connectivity index (χ2n) is 7.07. The maximum absolute atomic E-state index is 12.8. The number of nitrogens with zero attached hydrogens (tertiary/aromatic N) is 1. The summed E-state index contributed by atoms with van der Waals surface area (Å²) in [7, 11) is 0. The molecule has 172 valence electrons. The lowest BCUT2D eigenvalue weighted by Gasteiger charge is -2.25. The van der Waals surface area contributed by atoms with Gasteiger partial charge in [-0.1, -0.05) is 43.7 Å². The fourth-order valence-electron chi connectivity index (χ4n) is 2.85. The van der Waals surface area contributed by atoms with Crippen LogP contribution in [0.25, 0.3) is 0 Å². The van der Waals surface area contributed by atoms with Crippen molar-refractivity contribution in [2.24, 2.45) is 0 Å². The van der Waals surface area contributed by atoms with Crippen molar-refractivity contribution in [3.8, 4) is 5.75 Å². The molecular formula is C24H29BrN2O4S. The monoisotopic (exact) mass is 520 g/mol. The van der Waals surface area contributed by atoms with Crippen molar-refractivity contribution in [2.75, 3.05) is 19.8 Å². The molecule has 0 radical (unpaired) electrons. The molecule has 0 aliphatic carbocycles. The van der Waals surface area contributed by atoms with Crippen molar-refractivity contribution in [3.63, 3.8) is 0 Å². The van der Waals surface area contributed by atoms with Gasteiger partial charge >= 0.3 is 5.97 Å². The van der Waals surface area contributed by atoms with Crippen molar-refractivity contribution in [1.82, 2.24) is 10.2 Å². The van der Waals surface area contributed by atoms with Crippen molar-refractivity contribution in [2.45, 2.75) is 39.7 Å². The molecule has 32 heavy (non-hydrogen) atoms. The Morgan fingerprint density at radius 1 is 1.12 bits per heavy atom. The van der Waals surface area contributed by atoms with E-state index < -0.39 is 0 Å². The number of thiocarbonyl (C=S) groups is 1. The molecule has 0 saturated carbocycles. The predicted molar refractivity (Wildman–Crippen MR) is 133 cm³/mol. The van der Waals surface area contributed by atoms with E-state index in [1.807, 2.05) is 30.3 Å². The van der Waals surface area contributed by atoms with E-state index in [4.69, 9.17) is 21.7 Å². The Morgan fingerprint density at radius 2 is 1.88 bits per heavy atom.